The molecule has 4 aliphatic rings. The zero-order valence-electron chi connectivity index (χ0n) is 19.8. The molecular weight excluding hydrogens is 410 g/mol. The molecule has 2 bridgehead atoms. The molecule has 5 rings (SSSR count). The minimum absolute atomic E-state index is 0.118. The molecule has 6 nitrogen and oxygen atoms in total. The quantitative estimate of drug-likeness (QED) is 0.389. The van der Waals surface area contributed by atoms with Crippen LogP contribution in [0.4, 0.5) is 0 Å². The van der Waals surface area contributed by atoms with Crippen molar-refractivity contribution in [2.75, 3.05) is 27.6 Å². The Balaban J connectivity index is 1.53. The van der Waals surface area contributed by atoms with Gasteiger partial charge in [-0.1, -0.05) is 20.8 Å². The van der Waals surface area contributed by atoms with Gasteiger partial charge >= 0.3 is 0 Å². The van der Waals surface area contributed by atoms with Crippen LogP contribution in [-0.2, 0) is 20.4 Å². The normalized spacial score (nSPS) is 30.6. The van der Waals surface area contributed by atoms with Crippen molar-refractivity contribution in [1.82, 2.24) is 4.90 Å². The number of benzene rings is 1. The maximum absolute atomic E-state index is 6.92. The third-order valence-electron chi connectivity index (χ3n) is 8.16. The molecule has 0 aromatic heterocycles. The first-order valence-corrected chi connectivity index (χ1v) is 14.2. The number of hydrogen-bond acceptors (Lipinski definition) is 6. The molecule has 0 spiro atoms. The number of nitrogens with zero attached hydrogens (tertiary/aromatic N) is 1. The molecular formula is C24H35NO5Si. The fourth-order valence-electron chi connectivity index (χ4n) is 5.34. The molecule has 1 fully saturated rings. The second-order valence-electron chi connectivity index (χ2n) is 10.8. The summed E-state index contributed by atoms with van der Waals surface area (Å²) in [5.41, 5.74) is 4.06. The first-order chi connectivity index (χ1) is 14.6. The van der Waals surface area contributed by atoms with Crippen molar-refractivity contribution in [3.63, 3.8) is 0 Å². The number of rotatable bonds is 4. The van der Waals surface area contributed by atoms with Crippen molar-refractivity contribution in [3.05, 3.63) is 34.9 Å². The van der Waals surface area contributed by atoms with E-state index in [0.29, 0.717) is 18.8 Å². The van der Waals surface area contributed by atoms with Gasteiger partial charge in [0.2, 0.25) is 12.6 Å². The first-order valence-electron chi connectivity index (χ1n) is 11.3. The minimum atomic E-state index is -2.01. The minimum Gasteiger partial charge on any atom is -0.454 e. The smallest absolute Gasteiger partial charge is 0.231 e. The van der Waals surface area contributed by atoms with E-state index in [0.717, 1.165) is 31.0 Å². The Morgan fingerprint density at radius 2 is 1.77 bits per heavy atom. The first kappa shape index (κ1) is 21.5. The Bertz CT molecular complexity index is 917. The van der Waals surface area contributed by atoms with Crippen molar-refractivity contribution < 1.29 is 23.4 Å². The molecule has 0 radical (unpaired) electrons. The van der Waals surface area contributed by atoms with Crippen LogP contribution < -0.4 is 9.47 Å². The molecule has 7 heteroatoms. The summed E-state index contributed by atoms with van der Waals surface area (Å²) < 4.78 is 30.3. The van der Waals surface area contributed by atoms with Crippen LogP contribution in [0.25, 0.3) is 0 Å². The standard InChI is InChI=1S/C24H35NO5Si/c1-23(2,3)31(6,7)30-22-10-19-17(11-24(22,26-4)27-5)18-13-25(19)12-15-8-20-21(9-16(15)18)29-14-28-20/h8-9,11,18-19,22H,10,12-14H2,1-7H3/t18-,19-,22-/m0/s1. The van der Waals surface area contributed by atoms with Gasteiger partial charge in [-0.3, -0.25) is 4.90 Å². The van der Waals surface area contributed by atoms with E-state index in [2.05, 4.69) is 57.0 Å². The number of methoxy groups -OCH3 is 2. The highest BCUT2D eigenvalue weighted by Crippen LogP contribution is 2.52. The van der Waals surface area contributed by atoms with E-state index in [1.165, 1.54) is 16.7 Å². The molecule has 1 unspecified atom stereocenters. The summed E-state index contributed by atoms with van der Waals surface area (Å²) in [4.78, 5) is 2.58. The summed E-state index contributed by atoms with van der Waals surface area (Å²) in [5, 5.41) is 0.118. The summed E-state index contributed by atoms with van der Waals surface area (Å²) in [7, 11) is 1.46. The Morgan fingerprint density at radius 1 is 1.10 bits per heavy atom. The van der Waals surface area contributed by atoms with Gasteiger partial charge in [-0.15, -0.1) is 0 Å². The number of fused-ring (bicyclic) bond motifs is 8. The van der Waals surface area contributed by atoms with E-state index >= 15 is 0 Å². The van der Waals surface area contributed by atoms with E-state index in [1.807, 2.05) is 0 Å². The van der Waals surface area contributed by atoms with Gasteiger partial charge in [0.05, 0.1) is 0 Å². The molecule has 3 heterocycles. The lowest BCUT2D eigenvalue weighted by Gasteiger charge is -2.48. The van der Waals surface area contributed by atoms with E-state index in [-0.39, 0.29) is 11.1 Å². The molecule has 1 aromatic carbocycles. The summed E-state index contributed by atoms with van der Waals surface area (Å²) in [6.07, 6.45) is 2.96. The second-order valence-corrected chi connectivity index (χ2v) is 15.5. The molecule has 0 N–H and O–H groups in total. The molecule has 1 saturated heterocycles. The summed E-state index contributed by atoms with van der Waals surface area (Å²) in [6, 6.07) is 4.68. The van der Waals surface area contributed by atoms with Crippen molar-refractivity contribution in [1.29, 1.82) is 0 Å². The average molecular weight is 446 g/mol. The van der Waals surface area contributed by atoms with Gasteiger partial charge in [0.15, 0.2) is 19.8 Å². The second kappa shape index (κ2) is 7.06. The predicted octanol–water partition coefficient (Wildman–Crippen LogP) is 4.41. The number of hydrogen-bond donors (Lipinski definition) is 0. The fourth-order valence-corrected chi connectivity index (χ4v) is 6.67. The topological polar surface area (TPSA) is 49.4 Å². The molecule has 170 valence electrons. The van der Waals surface area contributed by atoms with Crippen LogP contribution in [0.1, 0.15) is 44.2 Å². The maximum Gasteiger partial charge on any atom is 0.231 e. The van der Waals surface area contributed by atoms with Crippen molar-refractivity contribution in [3.8, 4) is 11.5 Å². The molecule has 0 saturated carbocycles. The van der Waals surface area contributed by atoms with Gasteiger partial charge in [0.1, 0.15) is 6.10 Å². The Hall–Kier alpha value is -1.38. The van der Waals surface area contributed by atoms with Gasteiger partial charge in [-0.2, -0.15) is 0 Å². The SMILES string of the molecule is COC1(OC)C=C2[C@H]3CN(Cc4cc5c(cc43)OCO5)[C@H]2C[C@@H]1O[Si](C)(C)C(C)(C)C. The maximum atomic E-state index is 6.92. The van der Waals surface area contributed by atoms with Crippen molar-refractivity contribution >= 4 is 8.32 Å². The van der Waals surface area contributed by atoms with E-state index in [1.54, 1.807) is 14.2 Å². The highest BCUT2D eigenvalue weighted by molar-refractivity contribution is 6.74. The summed E-state index contributed by atoms with van der Waals surface area (Å²) in [6.45, 7) is 13.7. The summed E-state index contributed by atoms with van der Waals surface area (Å²) in [5.74, 6) is 1.18. The van der Waals surface area contributed by atoms with Gasteiger partial charge < -0.3 is 23.4 Å². The molecule has 0 amide bonds. The highest BCUT2D eigenvalue weighted by Gasteiger charge is 2.54. The lowest BCUT2D eigenvalue weighted by atomic mass is 9.81. The molecule has 3 aliphatic heterocycles. The largest absolute Gasteiger partial charge is 0.454 e. The summed E-state index contributed by atoms with van der Waals surface area (Å²) >= 11 is 0. The average Bonchev–Trinajstić information content (AvgIpc) is 3.27. The van der Waals surface area contributed by atoms with Crippen LogP contribution in [0, 0.1) is 0 Å². The molecule has 1 aromatic rings. The lowest BCUT2D eigenvalue weighted by Crippen LogP contribution is -2.57. The Morgan fingerprint density at radius 3 is 2.42 bits per heavy atom. The van der Waals surface area contributed by atoms with Crippen LogP contribution in [0.15, 0.2) is 23.8 Å². The predicted molar refractivity (Wildman–Crippen MR) is 121 cm³/mol. The molecule has 4 atom stereocenters. The van der Waals surface area contributed by atoms with Crippen LogP contribution in [-0.4, -0.2) is 58.7 Å². The van der Waals surface area contributed by atoms with Crippen molar-refractivity contribution in [2.24, 2.45) is 0 Å². The van der Waals surface area contributed by atoms with Crippen LogP contribution in [0.5, 0.6) is 11.5 Å². The van der Waals surface area contributed by atoms with Gasteiger partial charge in [-0.25, -0.2) is 0 Å². The highest BCUT2D eigenvalue weighted by atomic mass is 28.4. The molecule has 1 aliphatic carbocycles. The van der Waals surface area contributed by atoms with Crippen LogP contribution in [0.2, 0.25) is 18.1 Å². The van der Waals surface area contributed by atoms with Gasteiger partial charge in [0.25, 0.3) is 0 Å². The Kier molecular flexibility index (Phi) is 4.89. The third kappa shape index (κ3) is 3.20. The van der Waals surface area contributed by atoms with E-state index in [9.17, 15) is 0 Å². The number of ether oxygens (including phenoxy) is 4. The molecule has 31 heavy (non-hydrogen) atoms. The van der Waals surface area contributed by atoms with Crippen LogP contribution >= 0.6 is 0 Å². The lowest BCUT2D eigenvalue weighted by molar-refractivity contribution is -0.229. The van der Waals surface area contributed by atoms with Gasteiger partial charge in [0, 0.05) is 39.3 Å². The van der Waals surface area contributed by atoms with Crippen molar-refractivity contribution in [2.45, 2.75) is 75.7 Å². The zero-order chi connectivity index (χ0) is 22.2. The zero-order valence-corrected chi connectivity index (χ0v) is 20.8. The monoisotopic (exact) mass is 445 g/mol. The van der Waals surface area contributed by atoms with Gasteiger partial charge in [-0.05, 0) is 59.5 Å². The fraction of sp³-hybridized carbons (Fsp3) is 0.667. The third-order valence-corrected chi connectivity index (χ3v) is 12.6. The van der Waals surface area contributed by atoms with Crippen LogP contribution in [0.3, 0.4) is 0 Å². The Labute approximate surface area is 186 Å². The van der Waals surface area contributed by atoms with E-state index < -0.39 is 14.1 Å². The van der Waals surface area contributed by atoms with E-state index in [4.69, 9.17) is 23.4 Å².